The fraction of sp³-hybridized carbons (Fsp3) is 0.400. The second-order valence-electron chi connectivity index (χ2n) is 4.81. The maximum atomic E-state index is 11.9. The first-order chi connectivity index (χ1) is 10.9. The number of aryl methyl sites for hydroxylation is 1. The number of ether oxygens (including phenoxy) is 1. The molecule has 7 nitrogen and oxygen atoms in total. The third-order valence-electron chi connectivity index (χ3n) is 2.98. The minimum atomic E-state index is -0.855. The van der Waals surface area contributed by atoms with E-state index in [1.54, 1.807) is 12.1 Å². The van der Waals surface area contributed by atoms with Gasteiger partial charge in [0.05, 0.1) is 0 Å². The lowest BCUT2D eigenvalue weighted by Gasteiger charge is -2.16. The topological polar surface area (TPSA) is 111 Å². The molecule has 4 N–H and O–H groups in total. The van der Waals surface area contributed by atoms with Gasteiger partial charge >= 0.3 is 12.0 Å². The molecule has 0 aliphatic carbocycles. The summed E-state index contributed by atoms with van der Waals surface area (Å²) in [7, 11) is 0. The van der Waals surface area contributed by atoms with Gasteiger partial charge in [0.2, 0.25) is 0 Å². The highest BCUT2D eigenvalue weighted by molar-refractivity contribution is 7.98. The van der Waals surface area contributed by atoms with Crippen molar-refractivity contribution >= 4 is 35.4 Å². The van der Waals surface area contributed by atoms with Crippen LogP contribution >= 0.6 is 11.8 Å². The number of urea groups is 1. The van der Waals surface area contributed by atoms with Gasteiger partial charge in [0.25, 0.3) is 5.91 Å². The number of nitrogens with one attached hydrogen (secondary N) is 2. The van der Waals surface area contributed by atoms with E-state index in [1.807, 2.05) is 25.3 Å². The highest BCUT2D eigenvalue weighted by atomic mass is 32.2. The number of amides is 3. The first kappa shape index (κ1) is 18.8. The van der Waals surface area contributed by atoms with Crippen molar-refractivity contribution in [3.63, 3.8) is 0 Å². The van der Waals surface area contributed by atoms with Gasteiger partial charge in [-0.15, -0.1) is 0 Å². The van der Waals surface area contributed by atoms with Crippen LogP contribution in [0.2, 0.25) is 0 Å². The minimum Gasteiger partial charge on any atom is -0.454 e. The van der Waals surface area contributed by atoms with E-state index in [4.69, 9.17) is 10.5 Å². The van der Waals surface area contributed by atoms with E-state index < -0.39 is 30.6 Å². The fourth-order valence-electron chi connectivity index (χ4n) is 1.79. The zero-order valence-electron chi connectivity index (χ0n) is 13.1. The summed E-state index contributed by atoms with van der Waals surface area (Å²) in [6.45, 7) is 1.43. The summed E-state index contributed by atoms with van der Waals surface area (Å²) >= 11 is 1.52. The molecule has 1 atom stereocenters. The molecule has 0 saturated carbocycles. The molecule has 126 valence electrons. The van der Waals surface area contributed by atoms with Crippen LogP contribution in [0.3, 0.4) is 0 Å². The lowest BCUT2D eigenvalue weighted by Crippen LogP contribution is -2.45. The summed E-state index contributed by atoms with van der Waals surface area (Å²) < 4.78 is 4.95. The van der Waals surface area contributed by atoms with Crippen LogP contribution in [-0.2, 0) is 14.3 Å². The summed E-state index contributed by atoms with van der Waals surface area (Å²) in [5.74, 6) is -0.483. The number of carbonyl (C=O) groups excluding carboxylic acids is 3. The predicted molar refractivity (Wildman–Crippen MR) is 90.3 cm³/mol. The second-order valence-corrected chi connectivity index (χ2v) is 5.80. The Kier molecular flexibility index (Phi) is 7.96. The molecule has 0 heterocycles. The molecule has 0 unspecified atom stereocenters. The smallest absolute Gasteiger partial charge is 0.329 e. The van der Waals surface area contributed by atoms with E-state index in [0.29, 0.717) is 17.9 Å². The van der Waals surface area contributed by atoms with Gasteiger partial charge in [0, 0.05) is 5.69 Å². The largest absolute Gasteiger partial charge is 0.454 e. The summed E-state index contributed by atoms with van der Waals surface area (Å²) in [6, 6.07) is 5.60. The van der Waals surface area contributed by atoms with Gasteiger partial charge in [-0.05, 0) is 37.0 Å². The standard InChI is InChI=1S/C15H21N3O4S/c1-10-5-3-4-6-11(10)17-13(19)9-22-14(20)12(7-8-23-2)18-15(16)21/h3-6,12H,7-9H2,1-2H3,(H,17,19)(H3,16,18,21)/t12-/m1/s1. The quantitative estimate of drug-likeness (QED) is 0.618. The van der Waals surface area contributed by atoms with Crippen LogP contribution in [0.5, 0.6) is 0 Å². The number of hydrogen-bond acceptors (Lipinski definition) is 5. The number of benzene rings is 1. The summed E-state index contributed by atoms with van der Waals surface area (Å²) in [6.07, 6.45) is 2.25. The molecule has 1 rings (SSSR count). The first-order valence-electron chi connectivity index (χ1n) is 7.01. The number of para-hydroxylation sites is 1. The van der Waals surface area contributed by atoms with Crippen molar-refractivity contribution < 1.29 is 19.1 Å². The number of thioether (sulfide) groups is 1. The van der Waals surface area contributed by atoms with Crippen molar-refractivity contribution in [2.75, 3.05) is 23.9 Å². The van der Waals surface area contributed by atoms with Gasteiger partial charge < -0.3 is 21.1 Å². The molecule has 23 heavy (non-hydrogen) atoms. The molecule has 8 heteroatoms. The zero-order valence-corrected chi connectivity index (χ0v) is 13.9. The van der Waals surface area contributed by atoms with E-state index in [1.165, 1.54) is 11.8 Å². The van der Waals surface area contributed by atoms with Crippen LogP contribution in [0.15, 0.2) is 24.3 Å². The van der Waals surface area contributed by atoms with Gasteiger partial charge in [-0.25, -0.2) is 9.59 Å². The van der Waals surface area contributed by atoms with Crippen LogP contribution in [0.4, 0.5) is 10.5 Å². The highest BCUT2D eigenvalue weighted by Crippen LogP contribution is 2.12. The number of hydrogen-bond donors (Lipinski definition) is 3. The van der Waals surface area contributed by atoms with Crippen molar-refractivity contribution in [1.82, 2.24) is 5.32 Å². The van der Waals surface area contributed by atoms with Crippen LogP contribution in [0.1, 0.15) is 12.0 Å². The Bertz CT molecular complexity index is 565. The highest BCUT2D eigenvalue weighted by Gasteiger charge is 2.21. The Morgan fingerprint density at radius 3 is 2.61 bits per heavy atom. The molecule has 0 aliphatic heterocycles. The molecule has 0 saturated heterocycles. The van der Waals surface area contributed by atoms with E-state index in [0.717, 1.165) is 5.56 Å². The Morgan fingerprint density at radius 1 is 1.30 bits per heavy atom. The van der Waals surface area contributed by atoms with Gasteiger partial charge in [-0.1, -0.05) is 18.2 Å². The lowest BCUT2D eigenvalue weighted by molar-refractivity contribution is -0.149. The van der Waals surface area contributed by atoms with Crippen LogP contribution in [-0.4, -0.2) is 42.6 Å². The van der Waals surface area contributed by atoms with Crippen LogP contribution < -0.4 is 16.4 Å². The normalized spacial score (nSPS) is 11.4. The summed E-state index contributed by atoms with van der Waals surface area (Å²) in [5.41, 5.74) is 6.59. The van der Waals surface area contributed by atoms with Gasteiger partial charge in [-0.3, -0.25) is 4.79 Å². The van der Waals surface area contributed by atoms with Crippen molar-refractivity contribution in [2.45, 2.75) is 19.4 Å². The third kappa shape index (κ3) is 7.05. The molecule has 0 bridgehead atoms. The number of primary amides is 1. The van der Waals surface area contributed by atoms with Crippen molar-refractivity contribution in [1.29, 1.82) is 0 Å². The molecular weight excluding hydrogens is 318 g/mol. The lowest BCUT2D eigenvalue weighted by atomic mass is 10.2. The molecule has 0 fully saturated rings. The molecule has 0 aromatic heterocycles. The number of carbonyl (C=O) groups is 3. The van der Waals surface area contributed by atoms with Gasteiger partial charge in [0.1, 0.15) is 6.04 Å². The average Bonchev–Trinajstić information content (AvgIpc) is 2.51. The molecule has 1 aromatic rings. The molecule has 0 spiro atoms. The molecule has 1 aromatic carbocycles. The van der Waals surface area contributed by atoms with Crippen molar-refractivity contribution in [3.05, 3.63) is 29.8 Å². The first-order valence-corrected chi connectivity index (χ1v) is 8.40. The van der Waals surface area contributed by atoms with Gasteiger partial charge in [-0.2, -0.15) is 11.8 Å². The van der Waals surface area contributed by atoms with Crippen molar-refractivity contribution in [3.8, 4) is 0 Å². The fourth-order valence-corrected chi connectivity index (χ4v) is 2.26. The Hall–Kier alpha value is -2.22. The van der Waals surface area contributed by atoms with E-state index >= 15 is 0 Å². The molecular formula is C15H21N3O4S. The number of esters is 1. The molecule has 3 amide bonds. The Labute approximate surface area is 139 Å². The maximum Gasteiger partial charge on any atom is 0.329 e. The van der Waals surface area contributed by atoms with Crippen molar-refractivity contribution in [2.24, 2.45) is 5.73 Å². The third-order valence-corrected chi connectivity index (χ3v) is 3.62. The number of anilines is 1. The van der Waals surface area contributed by atoms with Crippen LogP contribution in [0, 0.1) is 6.92 Å². The Morgan fingerprint density at radius 2 is 2.00 bits per heavy atom. The molecule has 0 aliphatic rings. The monoisotopic (exact) mass is 339 g/mol. The van der Waals surface area contributed by atoms with E-state index in [9.17, 15) is 14.4 Å². The summed E-state index contributed by atoms with van der Waals surface area (Å²) in [4.78, 5) is 34.7. The minimum absolute atomic E-state index is 0.377. The number of rotatable bonds is 8. The average molecular weight is 339 g/mol. The SMILES string of the molecule is CSCC[C@@H](NC(N)=O)C(=O)OCC(=O)Nc1ccccc1C. The van der Waals surface area contributed by atoms with E-state index in [-0.39, 0.29) is 0 Å². The number of nitrogens with two attached hydrogens (primary N) is 1. The summed E-state index contributed by atoms with van der Waals surface area (Å²) in [5, 5.41) is 4.97. The Balaban J connectivity index is 2.50. The molecule has 0 radical (unpaired) electrons. The predicted octanol–water partition coefficient (Wildman–Crippen LogP) is 1.27. The zero-order chi connectivity index (χ0) is 17.2. The van der Waals surface area contributed by atoms with Crippen LogP contribution in [0.25, 0.3) is 0 Å². The van der Waals surface area contributed by atoms with E-state index in [2.05, 4.69) is 10.6 Å². The maximum absolute atomic E-state index is 11.9. The second kappa shape index (κ2) is 9.73. The van der Waals surface area contributed by atoms with Gasteiger partial charge in [0.15, 0.2) is 6.61 Å².